The molecule has 1 saturated heterocycles. The van der Waals surface area contributed by atoms with E-state index in [9.17, 15) is 0 Å². The van der Waals surface area contributed by atoms with E-state index in [0.717, 1.165) is 56.5 Å². The quantitative estimate of drug-likeness (QED) is 0.692. The van der Waals surface area contributed by atoms with Gasteiger partial charge in [-0.1, -0.05) is 0 Å². The summed E-state index contributed by atoms with van der Waals surface area (Å²) in [6, 6.07) is 4.48. The lowest BCUT2D eigenvalue weighted by Gasteiger charge is -2.31. The first-order valence-electron chi connectivity index (χ1n) is 9.23. The van der Waals surface area contributed by atoms with Crippen molar-refractivity contribution >= 4 is 11.3 Å². The number of imidazole rings is 1. The van der Waals surface area contributed by atoms with Crippen molar-refractivity contribution in [1.29, 1.82) is 0 Å². The Hall–Kier alpha value is -1.99. The van der Waals surface area contributed by atoms with Crippen LogP contribution in [0.3, 0.4) is 0 Å². The molecule has 3 aromatic heterocycles. The first kappa shape index (κ1) is 17.4. The van der Waals surface area contributed by atoms with Crippen molar-refractivity contribution in [2.75, 3.05) is 13.1 Å². The average molecular weight is 371 g/mol. The largest absolute Gasteiger partial charge is 0.328 e. The van der Waals surface area contributed by atoms with E-state index in [2.05, 4.69) is 55.3 Å². The fraction of sp³-hybridized carbons (Fsp3) is 0.526. The van der Waals surface area contributed by atoms with Gasteiger partial charge in [0.1, 0.15) is 11.6 Å². The van der Waals surface area contributed by atoms with Crippen LogP contribution in [0.25, 0.3) is 0 Å². The molecule has 6 nitrogen and oxygen atoms in total. The predicted octanol–water partition coefficient (Wildman–Crippen LogP) is 3.12. The lowest BCUT2D eigenvalue weighted by molar-refractivity contribution is 0.202. The Labute approximate surface area is 158 Å². The van der Waals surface area contributed by atoms with Crippen molar-refractivity contribution in [3.63, 3.8) is 0 Å². The zero-order chi connectivity index (χ0) is 18.1. The van der Waals surface area contributed by atoms with Crippen molar-refractivity contribution < 1.29 is 0 Å². The lowest BCUT2D eigenvalue weighted by Crippen LogP contribution is -2.33. The molecule has 4 rings (SSSR count). The van der Waals surface area contributed by atoms with E-state index < -0.39 is 0 Å². The number of thiophene rings is 1. The van der Waals surface area contributed by atoms with Crippen LogP contribution < -0.4 is 0 Å². The number of likely N-dealkylation sites (tertiary alicyclic amines) is 1. The molecular weight excluding hydrogens is 344 g/mol. The summed E-state index contributed by atoms with van der Waals surface area (Å²) < 4.78 is 4.29. The minimum atomic E-state index is 0.506. The monoisotopic (exact) mass is 370 g/mol. The third-order valence-electron chi connectivity index (χ3n) is 5.36. The number of piperidine rings is 1. The highest BCUT2D eigenvalue weighted by Gasteiger charge is 2.25. The third-order valence-corrected chi connectivity index (χ3v) is 6.35. The van der Waals surface area contributed by atoms with E-state index in [1.165, 1.54) is 9.75 Å². The zero-order valence-electron chi connectivity index (χ0n) is 15.7. The number of hydrogen-bond acceptors (Lipinski definition) is 5. The number of hydrogen-bond donors (Lipinski definition) is 0. The Bertz CT molecular complexity index is 868. The molecule has 0 aliphatic carbocycles. The Morgan fingerprint density at radius 3 is 2.58 bits per heavy atom. The first-order valence-corrected chi connectivity index (χ1v) is 10.1. The van der Waals surface area contributed by atoms with Gasteiger partial charge in [-0.25, -0.2) is 4.98 Å². The first-order chi connectivity index (χ1) is 12.6. The van der Waals surface area contributed by atoms with Crippen LogP contribution in [0.5, 0.6) is 0 Å². The van der Waals surface area contributed by atoms with Gasteiger partial charge in [-0.3, -0.25) is 4.90 Å². The van der Waals surface area contributed by atoms with Gasteiger partial charge in [-0.2, -0.15) is 0 Å². The van der Waals surface area contributed by atoms with Gasteiger partial charge in [0.25, 0.3) is 0 Å². The fourth-order valence-electron chi connectivity index (χ4n) is 3.73. The summed E-state index contributed by atoms with van der Waals surface area (Å²) in [7, 11) is 2.09. The summed E-state index contributed by atoms with van der Waals surface area (Å²) in [5, 5.41) is 8.97. The van der Waals surface area contributed by atoms with E-state index in [0.29, 0.717) is 5.92 Å². The van der Waals surface area contributed by atoms with Gasteiger partial charge in [-0.15, -0.1) is 21.5 Å². The maximum absolute atomic E-state index is 4.52. The molecule has 0 spiro atoms. The van der Waals surface area contributed by atoms with Gasteiger partial charge in [0, 0.05) is 41.7 Å². The molecule has 4 heterocycles. The highest BCUT2D eigenvalue weighted by atomic mass is 32.1. The molecule has 0 saturated carbocycles. The predicted molar refractivity (Wildman–Crippen MR) is 103 cm³/mol. The van der Waals surface area contributed by atoms with Crippen molar-refractivity contribution in [3.05, 3.63) is 51.8 Å². The van der Waals surface area contributed by atoms with Crippen molar-refractivity contribution in [2.24, 2.45) is 7.05 Å². The van der Waals surface area contributed by atoms with Gasteiger partial charge < -0.3 is 9.13 Å². The molecule has 0 unspecified atom stereocenters. The second-order valence-corrected chi connectivity index (χ2v) is 8.57. The van der Waals surface area contributed by atoms with Gasteiger partial charge >= 0.3 is 0 Å². The number of aryl methyl sites for hydroxylation is 2. The van der Waals surface area contributed by atoms with E-state index in [-0.39, 0.29) is 0 Å². The summed E-state index contributed by atoms with van der Waals surface area (Å²) in [4.78, 5) is 9.72. The third kappa shape index (κ3) is 3.59. The van der Waals surface area contributed by atoms with E-state index >= 15 is 0 Å². The molecule has 0 N–H and O–H groups in total. The molecule has 0 aromatic carbocycles. The Morgan fingerprint density at radius 1 is 1.12 bits per heavy atom. The normalized spacial score (nSPS) is 16.4. The molecule has 0 bridgehead atoms. The molecule has 138 valence electrons. The van der Waals surface area contributed by atoms with Gasteiger partial charge in [0.2, 0.25) is 0 Å². The Balaban J connectivity index is 1.38. The highest BCUT2D eigenvalue weighted by molar-refractivity contribution is 7.11. The second-order valence-electron chi connectivity index (χ2n) is 7.20. The van der Waals surface area contributed by atoms with Gasteiger partial charge in [0.15, 0.2) is 5.82 Å². The molecule has 0 radical (unpaired) electrons. The molecule has 1 fully saturated rings. The van der Waals surface area contributed by atoms with Crippen LogP contribution >= 0.6 is 11.3 Å². The molecule has 0 amide bonds. The molecular formula is C19H26N6S. The number of rotatable bonds is 5. The van der Waals surface area contributed by atoms with Crippen molar-refractivity contribution in [2.45, 2.75) is 45.7 Å². The summed E-state index contributed by atoms with van der Waals surface area (Å²) in [5.74, 6) is 3.64. The van der Waals surface area contributed by atoms with Crippen LogP contribution in [0.15, 0.2) is 24.5 Å². The molecule has 1 aliphatic heterocycles. The average Bonchev–Trinajstić information content (AvgIpc) is 3.32. The Kier molecular flexibility index (Phi) is 4.91. The maximum Gasteiger partial charge on any atom is 0.152 e. The van der Waals surface area contributed by atoms with E-state index in [4.69, 9.17) is 0 Å². The summed E-state index contributed by atoms with van der Waals surface area (Å²) in [5.41, 5.74) is 0. The van der Waals surface area contributed by atoms with Crippen LogP contribution in [-0.2, 0) is 20.1 Å². The van der Waals surface area contributed by atoms with Gasteiger partial charge in [0.05, 0.1) is 6.54 Å². The topological polar surface area (TPSA) is 51.8 Å². The standard InChI is InChI=1S/C19H26N6S/c1-14-4-5-17(26-14)12-24-9-6-16(7-10-24)19-22-21-18(23(19)3)13-25-11-8-20-15(25)2/h4-5,8,11,16H,6-7,9-10,12-13H2,1-3H3. The molecule has 3 aromatic rings. The molecule has 1 aliphatic rings. The summed E-state index contributed by atoms with van der Waals surface area (Å²) in [6.07, 6.45) is 6.13. The molecule has 0 atom stereocenters. The minimum Gasteiger partial charge on any atom is -0.328 e. The minimum absolute atomic E-state index is 0.506. The summed E-state index contributed by atoms with van der Waals surface area (Å²) in [6.45, 7) is 8.26. The SMILES string of the molecule is Cc1ccc(CN2CCC(c3nnc(Cn4ccnc4C)n3C)CC2)s1. The van der Waals surface area contributed by atoms with Crippen molar-refractivity contribution in [3.8, 4) is 0 Å². The fourth-order valence-corrected chi connectivity index (χ4v) is 4.66. The van der Waals surface area contributed by atoms with Crippen LogP contribution in [0.2, 0.25) is 0 Å². The van der Waals surface area contributed by atoms with Crippen LogP contribution in [0.1, 0.15) is 46.0 Å². The maximum atomic E-state index is 4.52. The molecule has 26 heavy (non-hydrogen) atoms. The van der Waals surface area contributed by atoms with Crippen molar-refractivity contribution in [1.82, 2.24) is 29.2 Å². The van der Waals surface area contributed by atoms with E-state index in [1.54, 1.807) is 0 Å². The van der Waals surface area contributed by atoms with Crippen LogP contribution in [0.4, 0.5) is 0 Å². The number of nitrogens with zero attached hydrogens (tertiary/aromatic N) is 6. The Morgan fingerprint density at radius 2 is 1.92 bits per heavy atom. The van der Waals surface area contributed by atoms with E-state index in [1.807, 2.05) is 30.7 Å². The van der Waals surface area contributed by atoms with Crippen LogP contribution in [0, 0.1) is 13.8 Å². The van der Waals surface area contributed by atoms with Crippen LogP contribution in [-0.4, -0.2) is 42.3 Å². The smallest absolute Gasteiger partial charge is 0.152 e. The lowest BCUT2D eigenvalue weighted by atomic mass is 9.96. The number of aromatic nitrogens is 5. The van der Waals surface area contributed by atoms with Gasteiger partial charge in [-0.05, 0) is 51.9 Å². The molecule has 7 heteroatoms. The zero-order valence-corrected chi connectivity index (χ0v) is 16.5. The second kappa shape index (κ2) is 7.32. The highest BCUT2D eigenvalue weighted by Crippen LogP contribution is 2.28. The summed E-state index contributed by atoms with van der Waals surface area (Å²) >= 11 is 1.91.